The Hall–Kier alpha value is -1.07. The van der Waals surface area contributed by atoms with Crippen molar-refractivity contribution in [3.63, 3.8) is 0 Å². The van der Waals surface area contributed by atoms with Crippen LogP contribution >= 0.6 is 0 Å². The molecule has 0 aromatic heterocycles. The van der Waals surface area contributed by atoms with Crippen molar-refractivity contribution >= 4 is 9.84 Å². The van der Waals surface area contributed by atoms with Crippen molar-refractivity contribution < 1.29 is 13.2 Å². The molecule has 0 heterocycles. The van der Waals surface area contributed by atoms with E-state index in [9.17, 15) is 8.42 Å². The van der Waals surface area contributed by atoms with E-state index in [-0.39, 0.29) is 5.75 Å². The maximum atomic E-state index is 11.1. The van der Waals surface area contributed by atoms with Gasteiger partial charge in [-0.1, -0.05) is 12.1 Å². The van der Waals surface area contributed by atoms with Crippen molar-refractivity contribution in [3.05, 3.63) is 29.8 Å². The molecule has 1 unspecified atom stereocenters. The van der Waals surface area contributed by atoms with Crippen molar-refractivity contribution in [2.75, 3.05) is 18.6 Å². The van der Waals surface area contributed by atoms with Gasteiger partial charge in [-0.05, 0) is 24.6 Å². The molecule has 2 N–H and O–H groups in total. The molecule has 0 aliphatic carbocycles. The lowest BCUT2D eigenvalue weighted by atomic mass is 10.1. The third-order valence-corrected chi connectivity index (χ3v) is 3.07. The minimum atomic E-state index is -3.05. The van der Waals surface area contributed by atoms with Crippen molar-refractivity contribution in [2.45, 2.75) is 13.0 Å². The molecule has 16 heavy (non-hydrogen) atoms. The molecule has 1 rings (SSSR count). The number of benzene rings is 1. The Morgan fingerprint density at radius 1 is 1.31 bits per heavy atom. The number of nitrogens with two attached hydrogens (primary N) is 1. The van der Waals surface area contributed by atoms with Gasteiger partial charge in [-0.3, -0.25) is 0 Å². The Morgan fingerprint density at radius 3 is 2.31 bits per heavy atom. The van der Waals surface area contributed by atoms with Gasteiger partial charge < -0.3 is 10.5 Å². The van der Waals surface area contributed by atoms with Gasteiger partial charge in [0.05, 0.1) is 12.4 Å². The maximum absolute atomic E-state index is 11.1. The zero-order valence-corrected chi connectivity index (χ0v) is 10.3. The number of hydrogen-bond acceptors (Lipinski definition) is 4. The summed E-state index contributed by atoms with van der Waals surface area (Å²) in [6, 6.07) is 6.69. The van der Waals surface area contributed by atoms with E-state index in [1.807, 2.05) is 6.92 Å². The summed E-state index contributed by atoms with van der Waals surface area (Å²) in [5.74, 6) is 0.721. The van der Waals surface area contributed by atoms with Crippen LogP contribution in [0.3, 0.4) is 0 Å². The first kappa shape index (κ1) is 13.0. The van der Waals surface area contributed by atoms with Gasteiger partial charge in [0.25, 0.3) is 0 Å². The summed E-state index contributed by atoms with van der Waals surface area (Å²) in [5.41, 5.74) is 6.59. The van der Waals surface area contributed by atoms with Crippen LogP contribution < -0.4 is 10.5 Å². The summed E-state index contributed by atoms with van der Waals surface area (Å²) in [6.45, 7) is 2.51. The molecular formula is C11H17NO3S. The lowest BCUT2D eigenvalue weighted by molar-refractivity contribution is 0.340. The smallest absolute Gasteiger partial charge is 0.149 e. The topological polar surface area (TPSA) is 69.4 Å². The molecule has 0 aliphatic heterocycles. The van der Waals surface area contributed by atoms with Crippen LogP contribution in [0.2, 0.25) is 0 Å². The normalized spacial score (nSPS) is 13.4. The lowest BCUT2D eigenvalue weighted by Gasteiger charge is -2.11. The van der Waals surface area contributed by atoms with E-state index >= 15 is 0 Å². The van der Waals surface area contributed by atoms with Gasteiger partial charge in [0.2, 0.25) is 0 Å². The SMILES string of the molecule is CCOc1ccc(C(N)CS(C)(=O)=O)cc1. The highest BCUT2D eigenvalue weighted by atomic mass is 32.2. The highest BCUT2D eigenvalue weighted by molar-refractivity contribution is 7.90. The van der Waals surface area contributed by atoms with Crippen LogP contribution in [-0.4, -0.2) is 27.0 Å². The van der Waals surface area contributed by atoms with Gasteiger partial charge in [-0.15, -0.1) is 0 Å². The molecule has 0 radical (unpaired) electrons. The molecule has 90 valence electrons. The van der Waals surface area contributed by atoms with E-state index < -0.39 is 15.9 Å². The van der Waals surface area contributed by atoms with Crippen LogP contribution in [-0.2, 0) is 9.84 Å². The number of ether oxygens (including phenoxy) is 1. The van der Waals surface area contributed by atoms with Crippen molar-refractivity contribution in [3.8, 4) is 5.75 Å². The van der Waals surface area contributed by atoms with E-state index in [1.54, 1.807) is 24.3 Å². The fourth-order valence-electron chi connectivity index (χ4n) is 1.40. The fraction of sp³-hybridized carbons (Fsp3) is 0.455. The Kier molecular flexibility index (Phi) is 4.32. The van der Waals surface area contributed by atoms with Crippen LogP contribution in [0.1, 0.15) is 18.5 Å². The molecular weight excluding hydrogens is 226 g/mol. The van der Waals surface area contributed by atoms with E-state index in [0.717, 1.165) is 11.3 Å². The van der Waals surface area contributed by atoms with Crippen LogP contribution in [0, 0.1) is 0 Å². The summed E-state index contributed by atoms with van der Waals surface area (Å²) in [6.07, 6.45) is 1.18. The molecule has 1 aromatic rings. The highest BCUT2D eigenvalue weighted by Gasteiger charge is 2.12. The minimum Gasteiger partial charge on any atom is -0.494 e. The quantitative estimate of drug-likeness (QED) is 0.841. The highest BCUT2D eigenvalue weighted by Crippen LogP contribution is 2.17. The van der Waals surface area contributed by atoms with Crippen LogP contribution in [0.15, 0.2) is 24.3 Å². The second kappa shape index (κ2) is 5.32. The lowest BCUT2D eigenvalue weighted by Crippen LogP contribution is -2.20. The molecule has 4 nitrogen and oxygen atoms in total. The summed E-state index contributed by atoms with van der Waals surface area (Å²) >= 11 is 0. The Bertz CT molecular complexity index is 425. The predicted molar refractivity (Wildman–Crippen MR) is 64.3 cm³/mol. The van der Waals surface area contributed by atoms with E-state index in [1.165, 1.54) is 6.26 Å². The second-order valence-corrected chi connectivity index (χ2v) is 5.89. The van der Waals surface area contributed by atoms with Crippen molar-refractivity contribution in [1.82, 2.24) is 0 Å². The molecule has 5 heteroatoms. The van der Waals surface area contributed by atoms with Gasteiger partial charge in [-0.2, -0.15) is 0 Å². The first-order valence-corrected chi connectivity index (χ1v) is 7.14. The summed E-state index contributed by atoms with van der Waals surface area (Å²) in [7, 11) is -3.05. The third kappa shape index (κ3) is 4.20. The standard InChI is InChI=1S/C11H17NO3S/c1-3-15-10-6-4-9(5-7-10)11(12)8-16(2,13)14/h4-7,11H,3,8,12H2,1-2H3. The zero-order valence-electron chi connectivity index (χ0n) is 9.51. The van der Waals surface area contributed by atoms with Crippen molar-refractivity contribution in [1.29, 1.82) is 0 Å². The third-order valence-electron chi connectivity index (χ3n) is 2.10. The molecule has 1 atom stereocenters. The molecule has 0 aliphatic rings. The summed E-state index contributed by atoms with van der Waals surface area (Å²) in [4.78, 5) is 0. The molecule has 0 fully saturated rings. The zero-order chi connectivity index (χ0) is 12.2. The van der Waals surface area contributed by atoms with Crippen molar-refractivity contribution in [2.24, 2.45) is 5.73 Å². The van der Waals surface area contributed by atoms with Gasteiger partial charge >= 0.3 is 0 Å². The number of sulfone groups is 1. The molecule has 0 bridgehead atoms. The van der Waals surface area contributed by atoms with Gasteiger partial charge in [-0.25, -0.2) is 8.42 Å². The van der Waals surface area contributed by atoms with E-state index in [4.69, 9.17) is 10.5 Å². The molecule has 0 saturated heterocycles. The van der Waals surface area contributed by atoms with Crippen LogP contribution in [0.4, 0.5) is 0 Å². The number of hydrogen-bond donors (Lipinski definition) is 1. The maximum Gasteiger partial charge on any atom is 0.149 e. The first-order valence-electron chi connectivity index (χ1n) is 5.08. The van der Waals surface area contributed by atoms with Gasteiger partial charge in [0, 0.05) is 12.3 Å². The monoisotopic (exact) mass is 243 g/mol. The molecule has 0 saturated carbocycles. The second-order valence-electron chi connectivity index (χ2n) is 3.70. The van der Waals surface area contributed by atoms with Crippen LogP contribution in [0.5, 0.6) is 5.75 Å². The Balaban J connectivity index is 2.74. The predicted octanol–water partition coefficient (Wildman–Crippen LogP) is 1.13. The fourth-order valence-corrected chi connectivity index (χ4v) is 2.25. The van der Waals surface area contributed by atoms with E-state index in [2.05, 4.69) is 0 Å². The first-order chi connectivity index (χ1) is 7.42. The molecule has 1 aromatic carbocycles. The Labute approximate surface area is 96.3 Å². The molecule has 0 amide bonds. The van der Waals surface area contributed by atoms with E-state index in [0.29, 0.717) is 6.61 Å². The summed E-state index contributed by atoms with van der Waals surface area (Å²) < 4.78 is 27.4. The largest absolute Gasteiger partial charge is 0.494 e. The van der Waals surface area contributed by atoms with Gasteiger partial charge in [0.15, 0.2) is 0 Å². The number of rotatable bonds is 5. The summed E-state index contributed by atoms with van der Waals surface area (Å²) in [5, 5.41) is 0. The minimum absolute atomic E-state index is 0.0407. The Morgan fingerprint density at radius 2 is 1.88 bits per heavy atom. The average molecular weight is 243 g/mol. The van der Waals surface area contributed by atoms with Crippen LogP contribution in [0.25, 0.3) is 0 Å². The molecule has 0 spiro atoms. The van der Waals surface area contributed by atoms with Gasteiger partial charge in [0.1, 0.15) is 15.6 Å². The average Bonchev–Trinajstić information content (AvgIpc) is 2.16.